The van der Waals surface area contributed by atoms with Crippen molar-refractivity contribution < 1.29 is 4.79 Å². The second-order valence-corrected chi connectivity index (χ2v) is 6.97. The predicted octanol–water partition coefficient (Wildman–Crippen LogP) is 3.87. The van der Waals surface area contributed by atoms with E-state index in [0.29, 0.717) is 21.8 Å². The van der Waals surface area contributed by atoms with Gasteiger partial charge in [0.2, 0.25) is 0 Å². The summed E-state index contributed by atoms with van der Waals surface area (Å²) in [6, 6.07) is 1.94. The molecule has 1 unspecified atom stereocenters. The molecule has 0 aliphatic heterocycles. The third-order valence-electron chi connectivity index (χ3n) is 3.95. The van der Waals surface area contributed by atoms with Gasteiger partial charge in [-0.05, 0) is 37.2 Å². The van der Waals surface area contributed by atoms with E-state index < -0.39 is 0 Å². The largest absolute Gasteiger partial charge is 0.369 e. The van der Waals surface area contributed by atoms with Gasteiger partial charge in [-0.15, -0.1) is 0 Å². The van der Waals surface area contributed by atoms with Crippen molar-refractivity contribution in [2.75, 3.05) is 11.9 Å². The molecule has 1 aromatic rings. The number of hydrogen-bond acceptors (Lipinski definition) is 3. The van der Waals surface area contributed by atoms with E-state index in [1.54, 1.807) is 12.3 Å². The van der Waals surface area contributed by atoms with E-state index in [9.17, 15) is 4.79 Å². The minimum Gasteiger partial charge on any atom is -0.369 e. The molecule has 1 atom stereocenters. The third kappa shape index (κ3) is 4.34. The summed E-state index contributed by atoms with van der Waals surface area (Å²) in [5, 5.41) is 6.71. The van der Waals surface area contributed by atoms with Gasteiger partial charge in [0, 0.05) is 18.8 Å². The quantitative estimate of drug-likeness (QED) is 0.868. The van der Waals surface area contributed by atoms with E-state index in [1.807, 2.05) is 0 Å². The molecular weight excluding hydrogens is 286 g/mol. The first-order valence-corrected chi connectivity index (χ1v) is 7.99. The smallest absolute Gasteiger partial charge is 0.253 e. The van der Waals surface area contributed by atoms with Crippen LogP contribution in [-0.2, 0) is 0 Å². The van der Waals surface area contributed by atoms with Gasteiger partial charge in [-0.25, -0.2) is 4.98 Å². The van der Waals surface area contributed by atoms with Crippen LogP contribution in [0.4, 0.5) is 5.82 Å². The van der Waals surface area contributed by atoms with Crippen molar-refractivity contribution in [2.45, 2.75) is 52.5 Å². The summed E-state index contributed by atoms with van der Waals surface area (Å²) in [6.07, 6.45) is 5.79. The van der Waals surface area contributed by atoms with Crippen molar-refractivity contribution in [3.63, 3.8) is 0 Å². The average molecular weight is 310 g/mol. The fourth-order valence-corrected chi connectivity index (χ4v) is 3.00. The average Bonchev–Trinajstić information content (AvgIpc) is 2.76. The second kappa shape index (κ2) is 6.65. The molecule has 1 aliphatic rings. The van der Waals surface area contributed by atoms with Gasteiger partial charge >= 0.3 is 0 Å². The highest BCUT2D eigenvalue weighted by Gasteiger charge is 2.31. The molecule has 0 bridgehead atoms. The monoisotopic (exact) mass is 309 g/mol. The molecule has 0 aromatic carbocycles. The lowest BCUT2D eigenvalue weighted by Crippen LogP contribution is -2.33. The van der Waals surface area contributed by atoms with Gasteiger partial charge in [0.25, 0.3) is 5.91 Å². The maximum Gasteiger partial charge on any atom is 0.253 e. The molecule has 1 heterocycles. The van der Waals surface area contributed by atoms with Crippen LogP contribution in [0, 0.1) is 5.41 Å². The Morgan fingerprint density at radius 2 is 2.29 bits per heavy atom. The molecule has 0 radical (unpaired) electrons. The Hall–Kier alpha value is -1.29. The lowest BCUT2D eigenvalue weighted by Gasteiger charge is -2.18. The zero-order valence-corrected chi connectivity index (χ0v) is 13.8. The van der Waals surface area contributed by atoms with E-state index in [-0.39, 0.29) is 11.9 Å². The lowest BCUT2D eigenvalue weighted by atomic mass is 9.92. The summed E-state index contributed by atoms with van der Waals surface area (Å²) < 4.78 is 0. The summed E-state index contributed by atoms with van der Waals surface area (Å²) in [4.78, 5) is 16.5. The number of nitrogens with one attached hydrogen (secondary N) is 2. The van der Waals surface area contributed by atoms with Crippen LogP contribution >= 0.6 is 11.6 Å². The minimum absolute atomic E-state index is 0.0888. The van der Waals surface area contributed by atoms with Crippen molar-refractivity contribution in [3.8, 4) is 0 Å². The van der Waals surface area contributed by atoms with Crippen LogP contribution < -0.4 is 10.6 Å². The van der Waals surface area contributed by atoms with Gasteiger partial charge in [0.05, 0.1) is 10.6 Å². The van der Waals surface area contributed by atoms with E-state index in [4.69, 9.17) is 11.6 Å². The number of carbonyl (C=O) groups is 1. The molecule has 1 amide bonds. The number of aromatic nitrogens is 1. The van der Waals surface area contributed by atoms with Crippen LogP contribution in [0.2, 0.25) is 5.02 Å². The highest BCUT2D eigenvalue weighted by atomic mass is 35.5. The number of pyridine rings is 1. The van der Waals surface area contributed by atoms with Crippen molar-refractivity contribution in [1.29, 1.82) is 0 Å². The maximum absolute atomic E-state index is 12.3. The standard InChI is InChI=1S/C16H24ClN3O/c1-4-7-18-14-13(17)8-11(10-19-14)15(21)20-12-5-6-16(2,3)9-12/h8,10,12H,4-7,9H2,1-3H3,(H,18,19)(H,20,21). The van der Waals surface area contributed by atoms with E-state index in [2.05, 4.69) is 36.4 Å². The number of anilines is 1. The SMILES string of the molecule is CCCNc1ncc(C(=O)NC2CCC(C)(C)C2)cc1Cl. The van der Waals surface area contributed by atoms with Crippen LogP contribution in [-0.4, -0.2) is 23.5 Å². The van der Waals surface area contributed by atoms with Crippen molar-refractivity contribution in [3.05, 3.63) is 22.8 Å². The second-order valence-electron chi connectivity index (χ2n) is 6.56. The number of rotatable bonds is 5. The Labute approximate surface area is 131 Å². The molecule has 5 heteroatoms. The number of halogens is 1. The van der Waals surface area contributed by atoms with Gasteiger partial charge < -0.3 is 10.6 Å². The van der Waals surface area contributed by atoms with Crippen molar-refractivity contribution >= 4 is 23.3 Å². The Balaban J connectivity index is 1.98. The summed E-state index contributed by atoms with van der Waals surface area (Å²) in [5.41, 5.74) is 0.841. The number of carbonyl (C=O) groups excluding carboxylic acids is 1. The van der Waals surface area contributed by atoms with Crippen LogP contribution in [0.15, 0.2) is 12.3 Å². The number of hydrogen-bond donors (Lipinski definition) is 2. The molecule has 0 spiro atoms. The van der Waals surface area contributed by atoms with Crippen molar-refractivity contribution in [2.24, 2.45) is 5.41 Å². The Morgan fingerprint density at radius 3 is 2.86 bits per heavy atom. The van der Waals surface area contributed by atoms with Gasteiger partial charge in [-0.1, -0.05) is 32.4 Å². The van der Waals surface area contributed by atoms with E-state index >= 15 is 0 Å². The van der Waals surface area contributed by atoms with Crippen LogP contribution in [0.3, 0.4) is 0 Å². The number of nitrogens with zero attached hydrogens (tertiary/aromatic N) is 1. The third-order valence-corrected chi connectivity index (χ3v) is 4.24. The molecule has 2 N–H and O–H groups in total. The lowest BCUT2D eigenvalue weighted by molar-refractivity contribution is 0.0935. The van der Waals surface area contributed by atoms with E-state index in [0.717, 1.165) is 32.2 Å². The molecule has 2 rings (SSSR count). The Kier molecular flexibility index (Phi) is 5.09. The Bertz CT molecular complexity index is 516. The first-order valence-electron chi connectivity index (χ1n) is 7.61. The molecule has 21 heavy (non-hydrogen) atoms. The molecule has 0 saturated heterocycles. The van der Waals surface area contributed by atoms with Crippen LogP contribution in [0.25, 0.3) is 0 Å². The molecular formula is C16H24ClN3O. The molecule has 116 valence electrons. The molecule has 4 nitrogen and oxygen atoms in total. The molecule has 1 aliphatic carbocycles. The molecule has 1 aromatic heterocycles. The van der Waals surface area contributed by atoms with E-state index in [1.165, 1.54) is 0 Å². The summed E-state index contributed by atoms with van der Waals surface area (Å²) in [7, 11) is 0. The Morgan fingerprint density at radius 1 is 1.52 bits per heavy atom. The molecule has 1 saturated carbocycles. The highest BCUT2D eigenvalue weighted by molar-refractivity contribution is 6.33. The van der Waals surface area contributed by atoms with Crippen LogP contribution in [0.5, 0.6) is 0 Å². The fraction of sp³-hybridized carbons (Fsp3) is 0.625. The predicted molar refractivity (Wildman–Crippen MR) is 86.9 cm³/mol. The number of amides is 1. The normalized spacial score (nSPS) is 20.3. The van der Waals surface area contributed by atoms with Gasteiger partial charge in [0.1, 0.15) is 5.82 Å². The molecule has 1 fully saturated rings. The topological polar surface area (TPSA) is 54.0 Å². The van der Waals surface area contributed by atoms with Gasteiger partial charge in [-0.3, -0.25) is 4.79 Å². The fourth-order valence-electron chi connectivity index (χ4n) is 2.76. The first-order chi connectivity index (χ1) is 9.91. The van der Waals surface area contributed by atoms with Crippen LogP contribution in [0.1, 0.15) is 56.8 Å². The summed E-state index contributed by atoms with van der Waals surface area (Å²) in [5.74, 6) is 0.547. The van der Waals surface area contributed by atoms with Gasteiger partial charge in [-0.2, -0.15) is 0 Å². The zero-order valence-electron chi connectivity index (χ0n) is 13.0. The first kappa shape index (κ1) is 16.1. The highest BCUT2D eigenvalue weighted by Crippen LogP contribution is 2.37. The maximum atomic E-state index is 12.3. The van der Waals surface area contributed by atoms with Crippen molar-refractivity contribution in [1.82, 2.24) is 10.3 Å². The zero-order chi connectivity index (χ0) is 15.5. The summed E-state index contributed by atoms with van der Waals surface area (Å²) in [6.45, 7) is 7.37. The summed E-state index contributed by atoms with van der Waals surface area (Å²) >= 11 is 6.17. The van der Waals surface area contributed by atoms with Gasteiger partial charge in [0.15, 0.2) is 0 Å². The minimum atomic E-state index is -0.0888.